The summed E-state index contributed by atoms with van der Waals surface area (Å²) in [7, 11) is 1.65. The predicted octanol–water partition coefficient (Wildman–Crippen LogP) is 3.50. The SMILES string of the molecule is COC[C@H]1CC(C)(C)[C@H]2NC(=O)C[C@@]34CC[C@]1(C(=O)O)[C@@H]2C3=CC[C@@H]1[C@@]2(C)CC[C@H](O[C@@H]3O[C@H](C(=O)O)[C@@H](O)[C@H](O)[C@H]3O)C(C)(C)[C@@H]2CC[C@]14C. The fourth-order valence-electron chi connectivity index (χ4n) is 14.0. The Hall–Kier alpha value is -2.09. The summed E-state index contributed by atoms with van der Waals surface area (Å²) in [5, 5.41) is 55.6. The summed E-state index contributed by atoms with van der Waals surface area (Å²) in [6.45, 7) is 13.8. The maximum Gasteiger partial charge on any atom is 0.335 e. The minimum atomic E-state index is -1.79. The first kappa shape index (κ1) is 37.2. The third-order valence-electron chi connectivity index (χ3n) is 16.4. The number of hydrogen-bond donors (Lipinski definition) is 6. The second-order valence-corrected chi connectivity index (χ2v) is 19.2. The molecule has 5 aliphatic carbocycles. The van der Waals surface area contributed by atoms with E-state index in [0.29, 0.717) is 38.7 Å². The molecule has 0 spiro atoms. The molecule has 0 aromatic rings. The van der Waals surface area contributed by atoms with Gasteiger partial charge in [-0.25, -0.2) is 4.79 Å². The van der Waals surface area contributed by atoms with Gasteiger partial charge in [-0.15, -0.1) is 0 Å². The monoisotopic (exact) mass is 717 g/mol. The molecule has 4 saturated carbocycles. The topological polar surface area (TPSA) is 192 Å². The van der Waals surface area contributed by atoms with Gasteiger partial charge in [-0.3, -0.25) is 9.59 Å². The first-order valence-electron chi connectivity index (χ1n) is 19.0. The highest BCUT2D eigenvalue weighted by atomic mass is 16.7. The number of carboxylic acids is 2. The molecule has 6 N–H and O–H groups in total. The number of amides is 1. The first-order valence-corrected chi connectivity index (χ1v) is 19.0. The number of carbonyl (C=O) groups excluding carboxylic acids is 1. The molecule has 0 aromatic heterocycles. The van der Waals surface area contributed by atoms with Crippen LogP contribution in [-0.4, -0.2) is 99.9 Å². The Balaban J connectivity index is 1.25. The van der Waals surface area contributed by atoms with Crippen LogP contribution >= 0.6 is 0 Å². The predicted molar refractivity (Wildman–Crippen MR) is 183 cm³/mol. The molecule has 7 rings (SSSR count). The van der Waals surface area contributed by atoms with Gasteiger partial charge < -0.3 is 45.1 Å². The number of hydrogen-bond acceptors (Lipinski definition) is 9. The van der Waals surface area contributed by atoms with Crippen molar-refractivity contribution in [2.45, 2.75) is 142 Å². The van der Waals surface area contributed by atoms with Crippen molar-refractivity contribution in [3.63, 3.8) is 0 Å². The zero-order valence-corrected chi connectivity index (χ0v) is 31.2. The summed E-state index contributed by atoms with van der Waals surface area (Å²) in [6.07, 6.45) is -0.258. The highest BCUT2D eigenvalue weighted by molar-refractivity contribution is 5.82. The van der Waals surface area contributed by atoms with Gasteiger partial charge in [0.2, 0.25) is 5.91 Å². The largest absolute Gasteiger partial charge is 0.481 e. The van der Waals surface area contributed by atoms with Crippen LogP contribution in [0, 0.1) is 56.2 Å². The number of allylic oxidation sites excluding steroid dienone is 1. The fraction of sp³-hybridized carbons (Fsp3) is 0.872. The molecule has 2 aliphatic heterocycles. The van der Waals surface area contributed by atoms with Gasteiger partial charge in [-0.05, 0) is 90.8 Å². The average molecular weight is 718 g/mol. The Kier molecular flexibility index (Phi) is 8.73. The van der Waals surface area contributed by atoms with Gasteiger partial charge >= 0.3 is 11.9 Å². The molecule has 51 heavy (non-hydrogen) atoms. The van der Waals surface area contributed by atoms with Crippen LogP contribution in [0.3, 0.4) is 0 Å². The van der Waals surface area contributed by atoms with Crippen LogP contribution in [0.5, 0.6) is 0 Å². The van der Waals surface area contributed by atoms with E-state index in [1.54, 1.807) is 7.11 Å². The van der Waals surface area contributed by atoms with E-state index in [1.807, 2.05) is 0 Å². The van der Waals surface area contributed by atoms with Crippen molar-refractivity contribution in [1.29, 1.82) is 0 Å². The summed E-state index contributed by atoms with van der Waals surface area (Å²) < 4.78 is 17.6. The van der Waals surface area contributed by atoms with Crippen molar-refractivity contribution in [3.8, 4) is 0 Å². The van der Waals surface area contributed by atoms with Crippen LogP contribution in [-0.2, 0) is 28.6 Å². The number of methoxy groups -OCH3 is 1. The Morgan fingerprint density at radius 3 is 2.29 bits per heavy atom. The van der Waals surface area contributed by atoms with E-state index in [0.717, 1.165) is 25.7 Å². The van der Waals surface area contributed by atoms with E-state index in [9.17, 15) is 39.9 Å². The van der Waals surface area contributed by atoms with Crippen molar-refractivity contribution in [3.05, 3.63) is 11.6 Å². The van der Waals surface area contributed by atoms with E-state index < -0.39 is 65.0 Å². The lowest BCUT2D eigenvalue weighted by atomic mass is 9.32. The third kappa shape index (κ3) is 4.88. The summed E-state index contributed by atoms with van der Waals surface area (Å²) in [6, 6.07) is -0.293. The standard InChI is InChI=1S/C39H59NO11/c1-34(2)16-19(18-49-7)39(33(47)48)15-14-38-17-24(41)40-30(34)25(39)20(38)8-9-22-36(5)12-11-23(35(3,4)21(36)10-13-37(22,38)6)50-32-28(44)26(42)27(43)29(51-32)31(45)46/h8,19,21-23,25-30,32,42-44H,9-18H2,1-7H3,(H,40,41)(H,45,46)(H,47,48)/t19-,21+,22-,23+,25-,26+,27+,28-,29+,30+,32-,36+,37-,38+,39-/m1/s1. The van der Waals surface area contributed by atoms with Gasteiger partial charge in [0.25, 0.3) is 0 Å². The summed E-state index contributed by atoms with van der Waals surface area (Å²) in [5.41, 5.74) is -1.50. The zero-order valence-electron chi connectivity index (χ0n) is 31.2. The molecule has 286 valence electrons. The summed E-state index contributed by atoms with van der Waals surface area (Å²) >= 11 is 0. The Bertz CT molecular complexity index is 1490. The number of aliphatic hydroxyl groups excluding tert-OH is 3. The summed E-state index contributed by atoms with van der Waals surface area (Å²) in [4.78, 5) is 39.6. The first-order chi connectivity index (χ1) is 23.7. The highest BCUT2D eigenvalue weighted by Gasteiger charge is 2.74. The lowest BCUT2D eigenvalue weighted by Gasteiger charge is -2.72. The molecule has 1 amide bonds. The molecule has 0 radical (unpaired) electrons. The normalized spacial score (nSPS) is 51.1. The molecule has 6 fully saturated rings. The molecule has 12 nitrogen and oxygen atoms in total. The van der Waals surface area contributed by atoms with E-state index in [4.69, 9.17) is 14.2 Å². The third-order valence-corrected chi connectivity index (χ3v) is 16.4. The van der Waals surface area contributed by atoms with E-state index in [1.165, 1.54) is 5.57 Å². The second-order valence-electron chi connectivity index (χ2n) is 19.2. The number of carboxylic acid groups (broad SMARTS) is 2. The van der Waals surface area contributed by atoms with E-state index >= 15 is 0 Å². The zero-order chi connectivity index (χ0) is 37.3. The minimum absolute atomic E-state index is 0.0115. The lowest BCUT2D eigenvalue weighted by molar-refractivity contribution is -0.324. The molecule has 0 aromatic carbocycles. The number of aliphatic hydroxyl groups is 3. The van der Waals surface area contributed by atoms with Crippen LogP contribution in [0.4, 0.5) is 0 Å². The fourth-order valence-corrected chi connectivity index (χ4v) is 14.0. The van der Waals surface area contributed by atoms with Gasteiger partial charge in [0, 0.05) is 30.9 Å². The maximum atomic E-state index is 14.2. The van der Waals surface area contributed by atoms with Crippen molar-refractivity contribution in [2.75, 3.05) is 13.7 Å². The molecular formula is C39H59NO11. The van der Waals surface area contributed by atoms with Crippen molar-refractivity contribution in [1.82, 2.24) is 5.32 Å². The van der Waals surface area contributed by atoms with Crippen LogP contribution in [0.1, 0.15) is 99.3 Å². The second kappa shape index (κ2) is 12.0. The van der Waals surface area contributed by atoms with E-state index in [-0.39, 0.29) is 51.9 Å². The maximum absolute atomic E-state index is 14.2. The Labute approximate surface area is 300 Å². The van der Waals surface area contributed by atoms with Crippen molar-refractivity contribution >= 4 is 17.8 Å². The molecule has 12 heteroatoms. The van der Waals surface area contributed by atoms with Crippen LogP contribution < -0.4 is 5.32 Å². The van der Waals surface area contributed by atoms with Crippen molar-refractivity contribution < 1.29 is 54.1 Å². The van der Waals surface area contributed by atoms with Gasteiger partial charge in [-0.1, -0.05) is 53.2 Å². The number of nitrogens with one attached hydrogen (secondary N) is 1. The molecule has 7 aliphatic rings. The number of aliphatic carboxylic acids is 2. The highest BCUT2D eigenvalue weighted by Crippen LogP contribution is 2.77. The van der Waals surface area contributed by atoms with Crippen LogP contribution in [0.25, 0.3) is 0 Å². The van der Waals surface area contributed by atoms with Crippen LogP contribution in [0.2, 0.25) is 0 Å². The molecule has 2 saturated heterocycles. The number of fused-ring (bicyclic) bond motifs is 3. The number of ether oxygens (including phenoxy) is 3. The average Bonchev–Trinajstić information content (AvgIpc) is 3.14. The van der Waals surface area contributed by atoms with Gasteiger partial charge in [0.1, 0.15) is 18.3 Å². The van der Waals surface area contributed by atoms with Gasteiger partial charge in [0.15, 0.2) is 12.4 Å². The van der Waals surface area contributed by atoms with Crippen molar-refractivity contribution in [2.24, 2.45) is 56.2 Å². The Morgan fingerprint density at radius 2 is 1.65 bits per heavy atom. The Morgan fingerprint density at radius 1 is 0.941 bits per heavy atom. The number of rotatable bonds is 6. The number of carbonyl (C=O) groups is 3. The molecule has 15 atom stereocenters. The lowest BCUT2D eigenvalue weighted by Crippen LogP contribution is -2.69. The smallest absolute Gasteiger partial charge is 0.335 e. The van der Waals surface area contributed by atoms with Crippen LogP contribution in [0.15, 0.2) is 11.6 Å². The molecular weight excluding hydrogens is 658 g/mol. The van der Waals surface area contributed by atoms with E-state index in [2.05, 4.69) is 52.9 Å². The quantitative estimate of drug-likeness (QED) is 0.174. The molecule has 0 unspecified atom stereocenters. The molecule has 2 bridgehead atoms. The minimum Gasteiger partial charge on any atom is -0.481 e. The van der Waals surface area contributed by atoms with Gasteiger partial charge in [-0.2, -0.15) is 0 Å². The summed E-state index contributed by atoms with van der Waals surface area (Å²) in [5.74, 6) is -2.33. The van der Waals surface area contributed by atoms with Gasteiger partial charge in [0.05, 0.1) is 18.1 Å². The molecule has 2 heterocycles.